The molecule has 1 radical (unpaired) electrons. The van der Waals surface area contributed by atoms with Crippen LogP contribution in [0.1, 0.15) is 58.3 Å². The van der Waals surface area contributed by atoms with Crippen LogP contribution in [0, 0.1) is 39.9 Å². The van der Waals surface area contributed by atoms with Gasteiger partial charge < -0.3 is 68.1 Å². The minimum Gasteiger partial charge on any atom is -0.768 e. The minimum absolute atomic E-state index is 0. The SMILES string of the molecule is CCCCCCCCCCOc1cc(S(=O)[O-])cc(S(=O)(=O)[O-])c1OCC(CN(CCN(CC(=O)[O-])CC(=O)[O-])CC(=O)[O-])N(CC(=O)[O-])CC(=O)[O-].[Gd+3]. The Balaban J connectivity index is 0.0000281. The van der Waals surface area contributed by atoms with Crippen LogP contribution in [-0.2, 0) is 45.2 Å². The van der Waals surface area contributed by atoms with E-state index in [1.165, 1.54) is 0 Å². The van der Waals surface area contributed by atoms with Crippen molar-refractivity contribution < 1.29 is 121 Å². The van der Waals surface area contributed by atoms with Gasteiger partial charge in [0, 0.05) is 57.3 Å². The number of unbranched alkanes of at least 4 members (excludes halogenated alkanes) is 7. The second kappa shape index (κ2) is 27.1. The second-order valence-corrected chi connectivity index (χ2v) is 14.2. The van der Waals surface area contributed by atoms with Crippen molar-refractivity contribution in [2.75, 3.05) is 65.6 Å². The summed E-state index contributed by atoms with van der Waals surface area (Å²) in [6, 6.07) is -0.166. The predicted octanol–water partition coefficient (Wildman–Crippen LogP) is -6.25. The van der Waals surface area contributed by atoms with E-state index in [-0.39, 0.29) is 46.5 Å². The molecule has 0 aliphatic rings. The van der Waals surface area contributed by atoms with Gasteiger partial charge in [-0.05, 0) is 29.6 Å². The Bertz CT molecular complexity index is 1480. The number of carboxylic acid groups (broad SMARTS) is 5. The van der Waals surface area contributed by atoms with Crippen LogP contribution in [0.5, 0.6) is 11.5 Å². The fraction of sp³-hybridized carbons (Fsp3) is 0.645. The number of benzene rings is 1. The summed E-state index contributed by atoms with van der Waals surface area (Å²) in [4.78, 5) is 57.6. The molecular formula is C31H42GdN3O17S2-4. The van der Waals surface area contributed by atoms with Gasteiger partial charge in [0.1, 0.15) is 21.6 Å². The van der Waals surface area contributed by atoms with Crippen molar-refractivity contribution >= 4 is 51.0 Å². The molecule has 0 amide bonds. The molecule has 0 aromatic heterocycles. The number of hydrogen-bond acceptors (Lipinski definition) is 20. The van der Waals surface area contributed by atoms with Crippen molar-refractivity contribution in [2.24, 2.45) is 0 Å². The molecule has 0 saturated heterocycles. The molecule has 2 atom stereocenters. The molecule has 307 valence electrons. The number of ether oxygens (including phenoxy) is 2. The Labute approximate surface area is 347 Å². The van der Waals surface area contributed by atoms with Crippen molar-refractivity contribution in [3.8, 4) is 11.5 Å². The first-order valence-corrected chi connectivity index (χ1v) is 19.0. The van der Waals surface area contributed by atoms with E-state index in [9.17, 15) is 71.2 Å². The van der Waals surface area contributed by atoms with Gasteiger partial charge in [-0.2, -0.15) is 0 Å². The Kier molecular flexibility index (Phi) is 25.8. The third kappa shape index (κ3) is 22.1. The smallest absolute Gasteiger partial charge is 0.768 e. The van der Waals surface area contributed by atoms with E-state index in [0.717, 1.165) is 54.4 Å². The molecule has 1 aromatic carbocycles. The van der Waals surface area contributed by atoms with Crippen LogP contribution in [0.25, 0.3) is 0 Å². The van der Waals surface area contributed by atoms with Gasteiger partial charge in [-0.15, -0.1) is 0 Å². The normalized spacial score (nSPS) is 12.6. The van der Waals surface area contributed by atoms with Crippen LogP contribution < -0.4 is 35.0 Å². The van der Waals surface area contributed by atoms with E-state index >= 15 is 0 Å². The van der Waals surface area contributed by atoms with Gasteiger partial charge in [0.25, 0.3) is 0 Å². The molecule has 23 heteroatoms. The van der Waals surface area contributed by atoms with E-state index in [4.69, 9.17) is 9.47 Å². The topological polar surface area (TPSA) is 326 Å². The summed E-state index contributed by atoms with van der Waals surface area (Å²) < 4.78 is 71.9. The second-order valence-electron chi connectivity index (χ2n) is 11.9. The molecule has 2 unspecified atom stereocenters. The first-order valence-electron chi connectivity index (χ1n) is 16.5. The van der Waals surface area contributed by atoms with Crippen molar-refractivity contribution in [3.05, 3.63) is 12.1 Å². The summed E-state index contributed by atoms with van der Waals surface area (Å²) in [6.45, 7) is -5.51. The number of carbonyl (C=O) groups excluding carboxylic acids is 5. The monoisotopic (exact) mass is 950 g/mol. The summed E-state index contributed by atoms with van der Waals surface area (Å²) in [7, 11) is -5.50. The zero-order chi connectivity index (χ0) is 40.1. The summed E-state index contributed by atoms with van der Waals surface area (Å²) in [5.74, 6) is -10.1. The first-order chi connectivity index (χ1) is 24.8. The van der Waals surface area contributed by atoms with Crippen molar-refractivity contribution in [2.45, 2.75) is 74.1 Å². The summed E-state index contributed by atoms with van der Waals surface area (Å²) in [6.07, 6.45) is 7.20. The molecule has 0 N–H and O–H groups in total. The Morgan fingerprint density at radius 2 is 1.19 bits per heavy atom. The molecular weight excluding hydrogens is 908 g/mol. The number of nitrogens with zero attached hydrogens (tertiary/aromatic N) is 3. The van der Waals surface area contributed by atoms with E-state index < -0.39 is 137 Å². The van der Waals surface area contributed by atoms with Crippen LogP contribution in [0.15, 0.2) is 21.9 Å². The fourth-order valence-electron chi connectivity index (χ4n) is 5.18. The zero-order valence-electron chi connectivity index (χ0n) is 29.4. The van der Waals surface area contributed by atoms with Crippen LogP contribution in [0.2, 0.25) is 0 Å². The number of rotatable bonds is 31. The Hall–Kier alpha value is -2.61. The van der Waals surface area contributed by atoms with E-state index in [0.29, 0.717) is 23.8 Å². The summed E-state index contributed by atoms with van der Waals surface area (Å²) in [5, 5.41) is 57.0. The van der Waals surface area contributed by atoms with Crippen molar-refractivity contribution in [1.82, 2.24) is 14.7 Å². The van der Waals surface area contributed by atoms with Crippen molar-refractivity contribution in [1.29, 1.82) is 0 Å². The number of carbonyl (C=O) groups is 5. The van der Waals surface area contributed by atoms with Gasteiger partial charge in [-0.1, -0.05) is 51.9 Å². The van der Waals surface area contributed by atoms with Gasteiger partial charge in [-0.25, -0.2) is 8.42 Å². The van der Waals surface area contributed by atoms with Crippen LogP contribution in [0.4, 0.5) is 0 Å². The summed E-state index contributed by atoms with van der Waals surface area (Å²) in [5.41, 5.74) is 0. The maximum Gasteiger partial charge on any atom is 3.00 e. The summed E-state index contributed by atoms with van der Waals surface area (Å²) >= 11 is -3.06. The van der Waals surface area contributed by atoms with E-state index in [1.807, 2.05) is 0 Å². The third-order valence-corrected chi connectivity index (χ3v) is 9.03. The van der Waals surface area contributed by atoms with Crippen LogP contribution in [-0.4, -0.2) is 138 Å². The third-order valence-electron chi connectivity index (χ3n) is 7.57. The maximum atomic E-state index is 12.3. The molecule has 0 saturated carbocycles. The van der Waals surface area contributed by atoms with E-state index in [2.05, 4.69) is 6.92 Å². The molecule has 20 nitrogen and oxygen atoms in total. The molecule has 0 aliphatic heterocycles. The molecule has 54 heavy (non-hydrogen) atoms. The number of aliphatic carboxylic acids is 5. The van der Waals surface area contributed by atoms with Crippen LogP contribution >= 0.6 is 0 Å². The molecule has 0 spiro atoms. The predicted molar refractivity (Wildman–Crippen MR) is 168 cm³/mol. The molecule has 1 aromatic rings. The van der Waals surface area contributed by atoms with Gasteiger partial charge in [-0.3, -0.25) is 18.9 Å². The average Bonchev–Trinajstić information content (AvgIpc) is 3.02. The van der Waals surface area contributed by atoms with Crippen molar-refractivity contribution in [3.63, 3.8) is 0 Å². The molecule has 1 rings (SSSR count). The quantitative estimate of drug-likeness (QED) is 0.0380. The largest absolute Gasteiger partial charge is 3.00 e. The molecule has 0 fully saturated rings. The zero-order valence-corrected chi connectivity index (χ0v) is 33.3. The Morgan fingerprint density at radius 1 is 0.722 bits per heavy atom. The average molecular weight is 950 g/mol. The van der Waals surface area contributed by atoms with Crippen LogP contribution in [0.3, 0.4) is 0 Å². The molecule has 0 bridgehead atoms. The first kappa shape index (κ1) is 51.4. The standard InChI is InChI=1S/C31H49N3O17S2.Gd/c1-2-3-4-5-6-7-8-9-12-50-24-13-23(52(45)46)14-25(53(47,48)49)31(24)51-21-22(34(19-29(41)42)20-30(43)44)15-32(16-26(35)36)10-11-33(17-27(37)38)18-28(39)40;/h13-14,22H,2-12,15-21H2,1H3,(H,35,36)(H,37,38)(H,39,40)(H,41,42)(H,43,44)(H,45,46)(H,47,48,49);/q;+3/p-7. The minimum atomic E-state index is -5.50. The van der Waals surface area contributed by atoms with Gasteiger partial charge in [0.2, 0.25) is 0 Å². The van der Waals surface area contributed by atoms with Gasteiger partial charge in [0.05, 0.1) is 42.5 Å². The Morgan fingerprint density at radius 3 is 1.65 bits per heavy atom. The number of hydrogen-bond donors (Lipinski definition) is 0. The number of carboxylic acids is 5. The van der Waals surface area contributed by atoms with E-state index in [1.54, 1.807) is 0 Å². The van der Waals surface area contributed by atoms with Gasteiger partial charge >= 0.3 is 39.9 Å². The molecule has 0 heterocycles. The maximum absolute atomic E-state index is 12.3. The molecule has 0 aliphatic carbocycles. The van der Waals surface area contributed by atoms with Gasteiger partial charge in [0.15, 0.2) is 11.5 Å². The fourth-order valence-corrected chi connectivity index (χ4v) is 6.33.